The average Bonchev–Trinajstić information content (AvgIpc) is 2.84. The lowest BCUT2D eigenvalue weighted by Gasteiger charge is -2.45. The van der Waals surface area contributed by atoms with E-state index >= 15 is 0 Å². The Bertz CT molecular complexity index is 790. The van der Waals surface area contributed by atoms with Crippen LogP contribution in [0.3, 0.4) is 0 Å². The van der Waals surface area contributed by atoms with Gasteiger partial charge in [-0.2, -0.15) is 0 Å². The quantitative estimate of drug-likeness (QED) is 0.851. The minimum atomic E-state index is -1.00. The van der Waals surface area contributed by atoms with Crippen molar-refractivity contribution in [3.05, 3.63) is 34.1 Å². The van der Waals surface area contributed by atoms with E-state index in [9.17, 15) is 23.9 Å². The number of nitrogens with zero attached hydrogens (tertiary/aromatic N) is 2. The third-order valence-corrected chi connectivity index (χ3v) is 6.27. The zero-order valence-corrected chi connectivity index (χ0v) is 15.3. The summed E-state index contributed by atoms with van der Waals surface area (Å²) in [5.41, 5.74) is -0.348. The molecule has 8 heteroatoms. The summed E-state index contributed by atoms with van der Waals surface area (Å²) in [7, 11) is 1.61. The first-order valence-electron chi connectivity index (χ1n) is 8.42. The molecule has 0 unspecified atom stereocenters. The second-order valence-electron chi connectivity index (χ2n) is 7.00. The smallest absolute Gasteiger partial charge is 0.309 e. The summed E-state index contributed by atoms with van der Waals surface area (Å²) in [4.78, 5) is 39.4. The number of rotatable bonds is 2. The maximum atomic E-state index is 14.1. The largest absolute Gasteiger partial charge is 0.481 e. The van der Waals surface area contributed by atoms with Crippen molar-refractivity contribution < 1.29 is 23.9 Å². The van der Waals surface area contributed by atoms with Gasteiger partial charge >= 0.3 is 5.97 Å². The van der Waals surface area contributed by atoms with E-state index in [0.717, 1.165) is 0 Å². The van der Waals surface area contributed by atoms with Crippen LogP contribution >= 0.6 is 11.6 Å². The molecule has 3 rings (SSSR count). The molecule has 1 spiro atoms. The zero-order chi connectivity index (χ0) is 19.2. The van der Waals surface area contributed by atoms with E-state index in [-0.39, 0.29) is 36.0 Å². The topological polar surface area (TPSA) is 77.9 Å². The van der Waals surface area contributed by atoms with E-state index < -0.39 is 29.2 Å². The van der Waals surface area contributed by atoms with Gasteiger partial charge in [0.25, 0.3) is 5.91 Å². The number of amides is 2. The lowest BCUT2D eigenvalue weighted by atomic mass is 9.77. The zero-order valence-electron chi connectivity index (χ0n) is 14.6. The number of hydrogen-bond acceptors (Lipinski definition) is 3. The number of carboxylic acid groups (broad SMARTS) is 1. The van der Waals surface area contributed by atoms with Crippen LogP contribution in [0.1, 0.15) is 35.2 Å². The first-order chi connectivity index (χ1) is 12.2. The van der Waals surface area contributed by atoms with Gasteiger partial charge in [-0.25, -0.2) is 4.39 Å². The number of piperidine rings is 1. The molecule has 0 bridgehead atoms. The fourth-order valence-corrected chi connectivity index (χ4v) is 4.33. The van der Waals surface area contributed by atoms with Crippen molar-refractivity contribution in [2.45, 2.75) is 31.7 Å². The number of carbonyl (C=O) groups excluding carboxylic acids is 2. The highest BCUT2D eigenvalue weighted by Crippen LogP contribution is 2.43. The van der Waals surface area contributed by atoms with Crippen LogP contribution in [0.2, 0.25) is 5.02 Å². The van der Waals surface area contributed by atoms with Crippen LogP contribution in [0.5, 0.6) is 0 Å². The van der Waals surface area contributed by atoms with Crippen molar-refractivity contribution in [3.8, 4) is 0 Å². The minimum Gasteiger partial charge on any atom is -0.481 e. The predicted octanol–water partition coefficient (Wildman–Crippen LogP) is 2.33. The average molecular weight is 383 g/mol. The normalized spacial score (nSPS) is 22.2. The lowest BCUT2D eigenvalue weighted by Crippen LogP contribution is -2.57. The molecule has 2 aliphatic heterocycles. The van der Waals surface area contributed by atoms with Gasteiger partial charge < -0.3 is 14.9 Å². The monoisotopic (exact) mass is 382 g/mol. The number of benzene rings is 1. The van der Waals surface area contributed by atoms with Gasteiger partial charge in [-0.05, 0) is 31.4 Å². The molecule has 0 aliphatic carbocycles. The minimum absolute atomic E-state index is 0.0296. The molecule has 26 heavy (non-hydrogen) atoms. The molecule has 1 aromatic carbocycles. The maximum Gasteiger partial charge on any atom is 0.309 e. The maximum absolute atomic E-state index is 14.1. The van der Waals surface area contributed by atoms with Crippen LogP contribution in [0.15, 0.2) is 12.1 Å². The van der Waals surface area contributed by atoms with Crippen molar-refractivity contribution in [2.75, 3.05) is 20.1 Å². The molecule has 6 nitrogen and oxygen atoms in total. The van der Waals surface area contributed by atoms with Crippen LogP contribution in [0.25, 0.3) is 0 Å². The van der Waals surface area contributed by atoms with Gasteiger partial charge in [0, 0.05) is 26.6 Å². The number of halogens is 2. The number of carboxylic acids is 1. The number of hydrogen-bond donors (Lipinski definition) is 1. The van der Waals surface area contributed by atoms with Crippen molar-refractivity contribution in [1.82, 2.24) is 9.80 Å². The molecule has 2 fully saturated rings. The summed E-state index contributed by atoms with van der Waals surface area (Å²) in [5.74, 6) is -3.19. The fourth-order valence-electron chi connectivity index (χ4n) is 4.09. The highest BCUT2D eigenvalue weighted by Gasteiger charge is 2.55. The van der Waals surface area contributed by atoms with Gasteiger partial charge in [0.05, 0.1) is 22.0 Å². The van der Waals surface area contributed by atoms with Gasteiger partial charge in [0.1, 0.15) is 5.82 Å². The molecular formula is C18H20ClFN2O4. The number of aryl methyl sites for hydroxylation is 1. The van der Waals surface area contributed by atoms with E-state index in [1.807, 2.05) is 0 Å². The van der Waals surface area contributed by atoms with E-state index in [0.29, 0.717) is 18.4 Å². The van der Waals surface area contributed by atoms with Gasteiger partial charge in [0.15, 0.2) is 0 Å². The third-order valence-electron chi connectivity index (χ3n) is 5.78. The first-order valence-corrected chi connectivity index (χ1v) is 8.80. The number of carbonyl (C=O) groups is 3. The number of likely N-dealkylation sites (tertiary alicyclic amines) is 2. The molecule has 0 saturated carbocycles. The Morgan fingerprint density at radius 2 is 1.92 bits per heavy atom. The summed E-state index contributed by atoms with van der Waals surface area (Å²) in [5, 5.41) is 9.59. The molecule has 0 aromatic heterocycles. The molecule has 0 radical (unpaired) electrons. The molecule has 1 aromatic rings. The second kappa shape index (κ2) is 6.54. The van der Waals surface area contributed by atoms with Gasteiger partial charge in [0.2, 0.25) is 5.91 Å². The van der Waals surface area contributed by atoms with Crippen molar-refractivity contribution in [3.63, 3.8) is 0 Å². The highest BCUT2D eigenvalue weighted by atomic mass is 35.5. The Balaban J connectivity index is 1.83. The SMILES string of the molecule is Cc1ccc(F)c(C(=O)N2CCC3(CC2)[C@H](C(=O)O)CC(=O)N3C)c1Cl. The number of aliphatic carboxylic acids is 1. The summed E-state index contributed by atoms with van der Waals surface area (Å²) >= 11 is 6.12. The summed E-state index contributed by atoms with van der Waals surface area (Å²) in [6, 6.07) is 2.72. The van der Waals surface area contributed by atoms with Crippen LogP contribution in [-0.2, 0) is 9.59 Å². The Hall–Kier alpha value is -2.15. The molecule has 140 valence electrons. The van der Waals surface area contributed by atoms with Crippen LogP contribution in [0, 0.1) is 18.7 Å². The fraction of sp³-hybridized carbons (Fsp3) is 0.500. The second-order valence-corrected chi connectivity index (χ2v) is 7.37. The van der Waals surface area contributed by atoms with Crippen LogP contribution < -0.4 is 0 Å². The van der Waals surface area contributed by atoms with Gasteiger partial charge in [-0.1, -0.05) is 17.7 Å². The highest BCUT2D eigenvalue weighted by molar-refractivity contribution is 6.34. The molecule has 1 atom stereocenters. The Kier molecular flexibility index (Phi) is 4.69. The van der Waals surface area contributed by atoms with Gasteiger partial charge in [-0.15, -0.1) is 0 Å². The molecule has 1 N–H and O–H groups in total. The Morgan fingerprint density at radius 3 is 2.50 bits per heavy atom. The molecular weight excluding hydrogens is 363 g/mol. The standard InChI is InChI=1S/C18H20ClFN2O4/c1-10-3-4-12(20)14(15(10)19)16(24)22-7-5-18(6-8-22)11(17(25)26)9-13(23)21(18)2/h3-4,11H,5-9H2,1-2H3,(H,25,26)/t11-/m0/s1. The summed E-state index contributed by atoms with van der Waals surface area (Å²) < 4.78 is 14.1. The van der Waals surface area contributed by atoms with E-state index in [4.69, 9.17) is 11.6 Å². The molecule has 2 amide bonds. The summed E-state index contributed by atoms with van der Waals surface area (Å²) in [6.45, 7) is 2.17. The molecule has 2 saturated heterocycles. The van der Waals surface area contributed by atoms with E-state index in [2.05, 4.69) is 0 Å². The predicted molar refractivity (Wildman–Crippen MR) is 92.5 cm³/mol. The molecule has 2 heterocycles. The van der Waals surface area contributed by atoms with Crippen molar-refractivity contribution in [1.29, 1.82) is 0 Å². The Morgan fingerprint density at radius 1 is 1.31 bits per heavy atom. The van der Waals surface area contributed by atoms with Crippen molar-refractivity contribution in [2.24, 2.45) is 5.92 Å². The first kappa shape index (κ1) is 18.6. The third kappa shape index (κ3) is 2.74. The van der Waals surface area contributed by atoms with Crippen molar-refractivity contribution >= 4 is 29.4 Å². The summed E-state index contributed by atoms with van der Waals surface area (Å²) in [6.07, 6.45) is 0.643. The lowest BCUT2D eigenvalue weighted by molar-refractivity contribution is -0.145. The molecule has 2 aliphatic rings. The van der Waals surface area contributed by atoms with Crippen LogP contribution in [0.4, 0.5) is 4.39 Å². The van der Waals surface area contributed by atoms with E-state index in [1.165, 1.54) is 21.9 Å². The van der Waals surface area contributed by atoms with E-state index in [1.54, 1.807) is 14.0 Å². The van der Waals surface area contributed by atoms with Gasteiger partial charge in [-0.3, -0.25) is 14.4 Å². The Labute approximate surface area is 155 Å². The van der Waals surface area contributed by atoms with Crippen LogP contribution in [-0.4, -0.2) is 58.4 Å².